The molecule has 5 nitrogen and oxygen atoms in total. The molecule has 0 aromatic heterocycles. The first kappa shape index (κ1) is 20.9. The zero-order valence-corrected chi connectivity index (χ0v) is 18.7. The van der Waals surface area contributed by atoms with Crippen molar-refractivity contribution in [3.8, 4) is 11.5 Å². The van der Waals surface area contributed by atoms with Crippen molar-refractivity contribution in [2.45, 2.75) is 13.5 Å². The van der Waals surface area contributed by atoms with Gasteiger partial charge in [0.15, 0.2) is 17.2 Å². The van der Waals surface area contributed by atoms with E-state index in [1.165, 1.54) is 5.56 Å². The van der Waals surface area contributed by atoms with Crippen LogP contribution in [0.5, 0.6) is 11.5 Å². The third-order valence-corrected chi connectivity index (χ3v) is 5.38. The third kappa shape index (κ3) is 4.86. The van der Waals surface area contributed by atoms with Gasteiger partial charge < -0.3 is 14.2 Å². The summed E-state index contributed by atoms with van der Waals surface area (Å²) in [5, 5.41) is 0. The van der Waals surface area contributed by atoms with Crippen molar-refractivity contribution in [3.05, 3.63) is 99.2 Å². The molecule has 3 aromatic carbocycles. The van der Waals surface area contributed by atoms with E-state index < -0.39 is 5.97 Å². The van der Waals surface area contributed by atoms with Crippen LogP contribution in [0.15, 0.2) is 81.9 Å². The Kier molecular flexibility index (Phi) is 6.18. The minimum Gasteiger partial charge on any atom is -0.493 e. The van der Waals surface area contributed by atoms with Gasteiger partial charge in [-0.3, -0.25) is 0 Å². The second-order valence-electron chi connectivity index (χ2n) is 7.00. The van der Waals surface area contributed by atoms with Gasteiger partial charge in [0, 0.05) is 4.47 Å². The van der Waals surface area contributed by atoms with E-state index in [1.54, 1.807) is 19.3 Å². The number of methoxy groups -OCH3 is 1. The number of carbonyl (C=O) groups is 1. The molecule has 0 N–H and O–H groups in total. The lowest BCUT2D eigenvalue weighted by atomic mass is 10.1. The molecule has 0 aliphatic carbocycles. The van der Waals surface area contributed by atoms with Crippen LogP contribution in [-0.2, 0) is 16.1 Å². The number of rotatable bonds is 6. The Balaban J connectivity index is 1.55. The predicted molar refractivity (Wildman–Crippen MR) is 123 cm³/mol. The quantitative estimate of drug-likeness (QED) is 0.338. The smallest absolute Gasteiger partial charge is 0.363 e. The summed E-state index contributed by atoms with van der Waals surface area (Å²) in [4.78, 5) is 16.7. The first-order valence-electron chi connectivity index (χ1n) is 9.67. The fraction of sp³-hybridized carbons (Fsp3) is 0.120. The van der Waals surface area contributed by atoms with Crippen molar-refractivity contribution in [2.24, 2.45) is 4.99 Å². The maximum Gasteiger partial charge on any atom is 0.363 e. The van der Waals surface area contributed by atoms with Gasteiger partial charge in [0.2, 0.25) is 5.90 Å². The van der Waals surface area contributed by atoms with E-state index in [2.05, 4.69) is 27.0 Å². The van der Waals surface area contributed by atoms with Gasteiger partial charge in [-0.2, -0.15) is 0 Å². The van der Waals surface area contributed by atoms with Crippen LogP contribution in [0.4, 0.5) is 0 Å². The molecular formula is C25H20BrNO4. The van der Waals surface area contributed by atoms with Gasteiger partial charge in [-0.15, -0.1) is 0 Å². The Labute approximate surface area is 189 Å². The zero-order valence-electron chi connectivity index (χ0n) is 17.1. The highest BCUT2D eigenvalue weighted by Gasteiger charge is 2.25. The molecule has 0 unspecified atom stereocenters. The Hall–Kier alpha value is -3.38. The average Bonchev–Trinajstić information content (AvgIpc) is 3.13. The van der Waals surface area contributed by atoms with Gasteiger partial charge in [0.25, 0.3) is 0 Å². The number of benzene rings is 3. The molecule has 0 saturated heterocycles. The average molecular weight is 478 g/mol. The maximum absolute atomic E-state index is 12.3. The third-order valence-electron chi connectivity index (χ3n) is 4.69. The summed E-state index contributed by atoms with van der Waals surface area (Å²) in [6, 6.07) is 21.1. The molecule has 1 aliphatic rings. The summed E-state index contributed by atoms with van der Waals surface area (Å²) in [6.07, 6.45) is 1.67. The normalized spacial score (nSPS) is 14.4. The summed E-state index contributed by atoms with van der Waals surface area (Å²) in [7, 11) is 1.58. The van der Waals surface area contributed by atoms with Crippen LogP contribution in [0.3, 0.4) is 0 Å². The predicted octanol–water partition coefficient (Wildman–Crippen LogP) is 5.69. The van der Waals surface area contributed by atoms with Gasteiger partial charge >= 0.3 is 5.97 Å². The van der Waals surface area contributed by atoms with E-state index in [0.29, 0.717) is 18.1 Å². The van der Waals surface area contributed by atoms with Gasteiger partial charge in [0.1, 0.15) is 6.61 Å². The van der Waals surface area contributed by atoms with E-state index in [-0.39, 0.29) is 11.6 Å². The minimum atomic E-state index is -0.496. The van der Waals surface area contributed by atoms with Crippen LogP contribution in [0.2, 0.25) is 0 Å². The fourth-order valence-corrected chi connectivity index (χ4v) is 3.63. The Morgan fingerprint density at radius 2 is 1.87 bits per heavy atom. The monoisotopic (exact) mass is 477 g/mol. The number of nitrogens with zero attached hydrogens (tertiary/aromatic N) is 1. The maximum atomic E-state index is 12.3. The van der Waals surface area contributed by atoms with E-state index in [9.17, 15) is 4.79 Å². The number of aliphatic imine (C=N–C) groups is 1. The van der Waals surface area contributed by atoms with Gasteiger partial charge in [-0.05, 0) is 64.3 Å². The van der Waals surface area contributed by atoms with E-state index in [0.717, 1.165) is 21.2 Å². The summed E-state index contributed by atoms with van der Waals surface area (Å²) in [5.74, 6) is 0.972. The molecular weight excluding hydrogens is 458 g/mol. The Morgan fingerprint density at radius 1 is 1.03 bits per heavy atom. The van der Waals surface area contributed by atoms with Gasteiger partial charge in [0.05, 0.1) is 12.7 Å². The Morgan fingerprint density at radius 3 is 2.65 bits per heavy atom. The molecule has 0 bridgehead atoms. The molecule has 0 spiro atoms. The molecule has 1 heterocycles. The van der Waals surface area contributed by atoms with Crippen LogP contribution >= 0.6 is 15.9 Å². The summed E-state index contributed by atoms with van der Waals surface area (Å²) >= 11 is 3.45. The van der Waals surface area contributed by atoms with E-state index in [4.69, 9.17) is 14.2 Å². The highest BCUT2D eigenvalue weighted by Crippen LogP contribution is 2.31. The number of ether oxygens (including phenoxy) is 3. The molecule has 31 heavy (non-hydrogen) atoms. The number of cyclic esters (lactones) is 1. The molecule has 6 heteroatoms. The minimum absolute atomic E-state index is 0.223. The standard InChI is InChI=1S/C25H20BrNO4/c1-16-6-5-7-18(12-16)15-30-22-11-10-17(14-23(22)29-2)13-21-25(28)31-24(27-21)19-8-3-4-9-20(19)26/h3-14H,15H2,1-2H3/b21-13-. The lowest BCUT2D eigenvalue weighted by Gasteiger charge is -2.12. The van der Waals surface area contributed by atoms with Crippen molar-refractivity contribution in [1.29, 1.82) is 0 Å². The molecule has 0 fully saturated rings. The topological polar surface area (TPSA) is 57.1 Å². The summed E-state index contributed by atoms with van der Waals surface area (Å²) in [6.45, 7) is 2.48. The summed E-state index contributed by atoms with van der Waals surface area (Å²) < 4.78 is 17.6. The second-order valence-corrected chi connectivity index (χ2v) is 7.86. The highest BCUT2D eigenvalue weighted by atomic mass is 79.9. The van der Waals surface area contributed by atoms with E-state index >= 15 is 0 Å². The number of aryl methyl sites for hydroxylation is 1. The molecule has 0 atom stereocenters. The van der Waals surface area contributed by atoms with Crippen molar-refractivity contribution in [3.63, 3.8) is 0 Å². The van der Waals surface area contributed by atoms with Crippen molar-refractivity contribution in [2.75, 3.05) is 7.11 Å². The fourth-order valence-electron chi connectivity index (χ4n) is 3.17. The van der Waals surface area contributed by atoms with Gasteiger partial charge in [-0.1, -0.05) is 48.0 Å². The van der Waals surface area contributed by atoms with Crippen molar-refractivity contribution in [1.82, 2.24) is 0 Å². The zero-order chi connectivity index (χ0) is 21.8. The molecule has 0 amide bonds. The Bertz CT molecular complexity index is 1200. The van der Waals surface area contributed by atoms with Crippen molar-refractivity contribution < 1.29 is 19.0 Å². The first-order valence-corrected chi connectivity index (χ1v) is 10.5. The number of esters is 1. The van der Waals surface area contributed by atoms with E-state index in [1.807, 2.05) is 61.5 Å². The van der Waals surface area contributed by atoms with Gasteiger partial charge in [-0.25, -0.2) is 9.79 Å². The number of hydrogen-bond donors (Lipinski definition) is 0. The number of hydrogen-bond acceptors (Lipinski definition) is 5. The van der Waals surface area contributed by atoms with Crippen LogP contribution in [0.1, 0.15) is 22.3 Å². The SMILES string of the molecule is COc1cc(/C=C2\N=C(c3ccccc3Br)OC2=O)ccc1OCc1cccc(C)c1. The van der Waals surface area contributed by atoms with Crippen LogP contribution < -0.4 is 9.47 Å². The molecule has 4 rings (SSSR count). The molecule has 0 radical (unpaired) electrons. The van der Waals surface area contributed by atoms with Crippen LogP contribution in [-0.4, -0.2) is 19.0 Å². The lowest BCUT2D eigenvalue weighted by molar-refractivity contribution is -0.129. The van der Waals surface area contributed by atoms with Crippen LogP contribution in [0.25, 0.3) is 6.08 Å². The highest BCUT2D eigenvalue weighted by molar-refractivity contribution is 9.10. The first-order chi connectivity index (χ1) is 15.0. The van der Waals surface area contributed by atoms with Crippen molar-refractivity contribution >= 4 is 33.9 Å². The molecule has 1 aliphatic heterocycles. The molecule has 3 aromatic rings. The molecule has 156 valence electrons. The lowest BCUT2D eigenvalue weighted by Crippen LogP contribution is -2.05. The second kappa shape index (κ2) is 9.18. The summed E-state index contributed by atoms with van der Waals surface area (Å²) in [5.41, 5.74) is 3.96. The number of carbonyl (C=O) groups excluding carboxylic acids is 1. The van der Waals surface area contributed by atoms with Crippen LogP contribution in [0, 0.1) is 6.92 Å². The largest absolute Gasteiger partial charge is 0.493 e. The number of halogens is 1. The molecule has 0 saturated carbocycles.